The molecule has 10 heavy (non-hydrogen) atoms. The maximum absolute atomic E-state index is 5.43. The Labute approximate surface area is 80.4 Å². The van der Waals surface area contributed by atoms with E-state index >= 15 is 0 Å². The number of rotatable bonds is 3. The van der Waals surface area contributed by atoms with Gasteiger partial charge in [0.05, 0.1) is 0 Å². The van der Waals surface area contributed by atoms with Crippen LogP contribution in [0.4, 0.5) is 0 Å². The van der Waals surface area contributed by atoms with Crippen LogP contribution in [0.1, 0.15) is 26.7 Å². The Morgan fingerprint density at radius 1 is 1.40 bits per heavy atom. The molecule has 0 radical (unpaired) electrons. The average molecular weight is 347 g/mol. The van der Waals surface area contributed by atoms with Crippen LogP contribution < -0.4 is 5.73 Å². The fourth-order valence-corrected chi connectivity index (χ4v) is 0.547. The molecule has 0 aliphatic heterocycles. The van der Waals surface area contributed by atoms with E-state index in [1.54, 1.807) is 20.0 Å². The summed E-state index contributed by atoms with van der Waals surface area (Å²) in [4.78, 5) is 0. The van der Waals surface area contributed by atoms with Gasteiger partial charge in [0, 0.05) is 0 Å². The zero-order chi connectivity index (χ0) is 8.57. The molecule has 68 valence electrons. The van der Waals surface area contributed by atoms with Crippen molar-refractivity contribution in [3.63, 3.8) is 0 Å². The molecule has 0 saturated heterocycles. The molecule has 0 aromatic rings. The SMILES string of the molecule is [CH2-]C(N)CCC(C)C.[Cl][Au]. The number of hydrogen-bond donors (Lipinski definition) is 1. The van der Waals surface area contributed by atoms with Crippen molar-refractivity contribution in [3.05, 3.63) is 6.92 Å². The Hall–Kier alpha value is 0.990. The second kappa shape index (κ2) is 9.99. The first kappa shape index (κ1) is 13.6. The summed E-state index contributed by atoms with van der Waals surface area (Å²) < 4.78 is 0. The molecule has 0 bridgehead atoms. The summed E-state index contributed by atoms with van der Waals surface area (Å²) in [5.74, 6) is 0.766. The zero-order valence-electron chi connectivity index (χ0n) is 6.53. The van der Waals surface area contributed by atoms with Gasteiger partial charge in [-0.05, 0) is 5.92 Å². The van der Waals surface area contributed by atoms with E-state index in [-0.39, 0.29) is 6.04 Å². The van der Waals surface area contributed by atoms with Crippen molar-refractivity contribution in [2.75, 3.05) is 0 Å². The predicted octanol–water partition coefficient (Wildman–Crippen LogP) is 2.27. The molecule has 2 N–H and O–H groups in total. The van der Waals surface area contributed by atoms with Crippen LogP contribution >= 0.6 is 9.19 Å². The third kappa shape index (κ3) is 16.0. The third-order valence-corrected chi connectivity index (χ3v) is 1.11. The van der Waals surface area contributed by atoms with Crippen molar-refractivity contribution in [2.24, 2.45) is 11.7 Å². The molecule has 1 unspecified atom stereocenters. The Morgan fingerprint density at radius 3 is 1.90 bits per heavy atom. The van der Waals surface area contributed by atoms with Crippen LogP contribution in [0.25, 0.3) is 0 Å². The summed E-state index contributed by atoms with van der Waals surface area (Å²) in [6, 6.07) is 0.136. The first-order valence-corrected chi connectivity index (χ1v) is 6.01. The summed E-state index contributed by atoms with van der Waals surface area (Å²) in [5, 5.41) is 0. The van der Waals surface area contributed by atoms with E-state index < -0.39 is 0 Å². The number of halogens is 1. The van der Waals surface area contributed by atoms with Crippen molar-refractivity contribution in [2.45, 2.75) is 32.7 Å². The van der Waals surface area contributed by atoms with E-state index in [1.807, 2.05) is 0 Å². The molecule has 1 nitrogen and oxygen atoms in total. The topological polar surface area (TPSA) is 26.0 Å². The van der Waals surface area contributed by atoms with Crippen molar-refractivity contribution < 1.29 is 20.0 Å². The van der Waals surface area contributed by atoms with E-state index in [2.05, 4.69) is 30.0 Å². The van der Waals surface area contributed by atoms with Crippen molar-refractivity contribution in [1.29, 1.82) is 0 Å². The van der Waals surface area contributed by atoms with Crippen LogP contribution in [-0.2, 0) is 20.0 Å². The van der Waals surface area contributed by atoms with E-state index in [0.717, 1.165) is 12.3 Å². The van der Waals surface area contributed by atoms with Crippen LogP contribution in [0.2, 0.25) is 0 Å². The van der Waals surface area contributed by atoms with Crippen molar-refractivity contribution in [3.8, 4) is 0 Å². The summed E-state index contributed by atoms with van der Waals surface area (Å²) >= 11 is 1.75. The van der Waals surface area contributed by atoms with Gasteiger partial charge in [0.25, 0.3) is 0 Å². The summed E-state index contributed by atoms with van der Waals surface area (Å²) in [5.41, 5.74) is 5.43. The molecular formula is C7H16AuClN-. The van der Waals surface area contributed by atoms with Crippen LogP contribution in [0.15, 0.2) is 0 Å². The van der Waals surface area contributed by atoms with E-state index in [4.69, 9.17) is 5.73 Å². The van der Waals surface area contributed by atoms with Gasteiger partial charge < -0.3 is 12.7 Å². The van der Waals surface area contributed by atoms with Gasteiger partial charge in [-0.1, -0.05) is 26.7 Å². The molecule has 0 fully saturated rings. The molecular weight excluding hydrogens is 331 g/mol. The fraction of sp³-hybridized carbons (Fsp3) is 0.857. The molecule has 0 aromatic carbocycles. The Bertz CT molecular complexity index is 49.6. The maximum atomic E-state index is 5.43. The minimum absolute atomic E-state index is 0.136. The molecule has 3 heteroatoms. The first-order chi connectivity index (χ1) is 4.63. The fourth-order valence-electron chi connectivity index (χ4n) is 0.547. The molecule has 1 atom stereocenters. The first-order valence-electron chi connectivity index (χ1n) is 3.33. The molecule has 0 rings (SSSR count). The number of nitrogens with two attached hydrogens (primary N) is 1. The van der Waals surface area contributed by atoms with Gasteiger partial charge in [0.15, 0.2) is 0 Å². The molecule has 0 heterocycles. The molecule has 0 spiro atoms. The standard InChI is InChI=1S/C7H16N.Au.ClH/c1-6(2)4-5-7(3)8;;/h6-7H,3-5,8H2,1-2H3;;1H/q-1;+1;/p-1. The van der Waals surface area contributed by atoms with Crippen LogP contribution in [0.3, 0.4) is 0 Å². The number of hydrogen-bond acceptors (Lipinski definition) is 1. The van der Waals surface area contributed by atoms with E-state index in [0.29, 0.717) is 0 Å². The Kier molecular flexibility index (Phi) is 13.6. The monoisotopic (exact) mass is 346 g/mol. The van der Waals surface area contributed by atoms with Gasteiger partial charge in [-0.25, -0.2) is 0 Å². The second-order valence-corrected chi connectivity index (χ2v) is 2.73. The van der Waals surface area contributed by atoms with Gasteiger partial charge in [-0.15, -0.1) is 6.04 Å². The van der Waals surface area contributed by atoms with E-state index in [1.165, 1.54) is 6.42 Å². The molecule has 0 saturated carbocycles. The minimum atomic E-state index is 0.136. The van der Waals surface area contributed by atoms with E-state index in [9.17, 15) is 0 Å². The normalized spacial score (nSPS) is 12.4. The quantitative estimate of drug-likeness (QED) is 0.616. The summed E-state index contributed by atoms with van der Waals surface area (Å²) in [7, 11) is 4.58. The average Bonchev–Trinajstić information content (AvgIpc) is 1.89. The molecule has 0 aromatic heterocycles. The van der Waals surface area contributed by atoms with Crippen molar-refractivity contribution in [1.82, 2.24) is 0 Å². The summed E-state index contributed by atoms with van der Waals surface area (Å²) in [6.45, 7) is 8.08. The van der Waals surface area contributed by atoms with Gasteiger partial charge in [-0.2, -0.15) is 0 Å². The van der Waals surface area contributed by atoms with Crippen LogP contribution in [0, 0.1) is 12.8 Å². The summed E-state index contributed by atoms with van der Waals surface area (Å²) in [6.07, 6.45) is 2.25. The van der Waals surface area contributed by atoms with Crippen molar-refractivity contribution >= 4 is 9.19 Å². The Morgan fingerprint density at radius 2 is 1.80 bits per heavy atom. The van der Waals surface area contributed by atoms with Crippen LogP contribution in [0.5, 0.6) is 0 Å². The predicted molar refractivity (Wildman–Crippen MR) is 43.3 cm³/mol. The molecule has 0 aliphatic rings. The molecule has 0 aliphatic carbocycles. The zero-order valence-corrected chi connectivity index (χ0v) is 9.46. The van der Waals surface area contributed by atoms with Gasteiger partial charge >= 0.3 is 29.2 Å². The third-order valence-electron chi connectivity index (χ3n) is 1.11. The second-order valence-electron chi connectivity index (χ2n) is 2.73. The van der Waals surface area contributed by atoms with Crippen LogP contribution in [-0.4, -0.2) is 6.04 Å². The van der Waals surface area contributed by atoms with Gasteiger partial charge in [0.2, 0.25) is 0 Å². The molecule has 0 amide bonds. The Balaban J connectivity index is 0. The van der Waals surface area contributed by atoms with Gasteiger partial charge in [-0.3, -0.25) is 0 Å². The van der Waals surface area contributed by atoms with Gasteiger partial charge in [0.1, 0.15) is 0 Å².